The highest BCUT2D eigenvalue weighted by atomic mass is 35.5. The molecule has 4 aliphatic carbocycles. The summed E-state index contributed by atoms with van der Waals surface area (Å²) in [5.74, 6) is 0. The van der Waals surface area contributed by atoms with Crippen molar-refractivity contribution in [1.29, 1.82) is 0 Å². The van der Waals surface area contributed by atoms with Crippen molar-refractivity contribution in [2.45, 2.75) is 103 Å². The third-order valence-electron chi connectivity index (χ3n) is 18.6. The van der Waals surface area contributed by atoms with E-state index in [1.807, 2.05) is 0 Å². The van der Waals surface area contributed by atoms with Crippen LogP contribution in [0.2, 0.25) is 10.0 Å². The molecule has 0 saturated heterocycles. The number of anilines is 6. The van der Waals surface area contributed by atoms with Crippen molar-refractivity contribution in [3.8, 4) is 44.5 Å². The van der Waals surface area contributed by atoms with E-state index in [2.05, 4.69) is 247 Å². The molecular formula is C70H62Cl2N2. The molecular weight excluding hydrogens is 940 g/mol. The molecule has 4 aliphatic rings. The maximum atomic E-state index is 7.98. The lowest BCUT2D eigenvalue weighted by Gasteiger charge is -2.34. The lowest BCUT2D eigenvalue weighted by atomic mass is 9.74. The lowest BCUT2D eigenvalue weighted by Crippen LogP contribution is -2.23. The SMILES string of the molecule is CCC1(CC)c2ccccc2-c2ccc(N(c3ccc4c(c3)C(C)(C)c3ccccc3-4)c3cc(Cl)c(N(c4ccc5c(c4)C(C)(C)c4ccccc4-5)c4ccc5c(c4)C(CC)(CC)c4ccccc4-5)cc3Cl)cc21. The molecule has 0 atom stereocenters. The van der Waals surface area contributed by atoms with Crippen molar-refractivity contribution in [2.75, 3.05) is 9.80 Å². The molecule has 0 radical (unpaired) electrons. The van der Waals surface area contributed by atoms with Crippen LogP contribution in [-0.4, -0.2) is 0 Å². The van der Waals surface area contributed by atoms with Crippen LogP contribution >= 0.6 is 23.2 Å². The maximum absolute atomic E-state index is 7.98. The average Bonchev–Trinajstić information content (AvgIpc) is 4.06. The van der Waals surface area contributed by atoms with E-state index in [1.54, 1.807) is 0 Å². The van der Waals surface area contributed by atoms with Crippen LogP contribution in [0, 0.1) is 0 Å². The summed E-state index contributed by atoms with van der Waals surface area (Å²) in [5.41, 5.74) is 26.5. The fraction of sp³-hybridized carbons (Fsp3) is 0.229. The summed E-state index contributed by atoms with van der Waals surface area (Å²) >= 11 is 16.0. The van der Waals surface area contributed by atoms with Gasteiger partial charge >= 0.3 is 0 Å². The molecule has 0 fully saturated rings. The molecule has 0 N–H and O–H groups in total. The first kappa shape index (κ1) is 46.9. The number of fused-ring (bicyclic) bond motifs is 12. The second kappa shape index (κ2) is 16.8. The van der Waals surface area contributed by atoms with Crippen molar-refractivity contribution in [3.63, 3.8) is 0 Å². The van der Waals surface area contributed by atoms with Gasteiger partial charge in [-0.05, 0) is 175 Å². The number of nitrogens with zero attached hydrogens (tertiary/aromatic N) is 2. The van der Waals surface area contributed by atoms with Crippen LogP contribution in [0.4, 0.5) is 34.1 Å². The predicted octanol–water partition coefficient (Wildman–Crippen LogP) is 20.7. The van der Waals surface area contributed by atoms with Gasteiger partial charge in [0.2, 0.25) is 0 Å². The lowest BCUT2D eigenvalue weighted by molar-refractivity contribution is 0.490. The molecule has 0 unspecified atom stereocenters. The zero-order valence-corrected chi connectivity index (χ0v) is 45.3. The fourth-order valence-corrected chi connectivity index (χ4v) is 15.1. The number of rotatable bonds is 10. The van der Waals surface area contributed by atoms with Gasteiger partial charge in [-0.3, -0.25) is 0 Å². The minimum Gasteiger partial charge on any atom is -0.309 e. The molecule has 0 aromatic heterocycles. The van der Waals surface area contributed by atoms with Gasteiger partial charge in [0.15, 0.2) is 0 Å². The zero-order valence-electron chi connectivity index (χ0n) is 43.8. The summed E-state index contributed by atoms with van der Waals surface area (Å²) in [5, 5.41) is 1.22. The van der Waals surface area contributed by atoms with Crippen molar-refractivity contribution in [1.82, 2.24) is 0 Å². The van der Waals surface area contributed by atoms with Gasteiger partial charge in [0.25, 0.3) is 0 Å². The Morgan fingerprint density at radius 2 is 0.554 bits per heavy atom. The van der Waals surface area contributed by atoms with E-state index in [1.165, 1.54) is 89.0 Å². The molecule has 9 aromatic rings. The Bertz CT molecular complexity index is 3540. The van der Waals surface area contributed by atoms with Gasteiger partial charge in [-0.15, -0.1) is 0 Å². The smallest absolute Gasteiger partial charge is 0.0668 e. The number of halogens is 2. The van der Waals surface area contributed by atoms with Gasteiger partial charge in [0, 0.05) is 44.4 Å². The van der Waals surface area contributed by atoms with Gasteiger partial charge in [-0.2, -0.15) is 0 Å². The first-order chi connectivity index (χ1) is 35.8. The minimum absolute atomic E-state index is 0.114. The molecule has 4 heteroatoms. The topological polar surface area (TPSA) is 6.48 Å². The molecule has 9 aromatic carbocycles. The summed E-state index contributed by atoms with van der Waals surface area (Å²) in [6, 6.07) is 68.1. The fourth-order valence-electron chi connectivity index (χ4n) is 14.6. The van der Waals surface area contributed by atoms with Crippen LogP contribution in [0.15, 0.2) is 182 Å². The van der Waals surface area contributed by atoms with E-state index in [9.17, 15) is 0 Å². The quantitative estimate of drug-likeness (QED) is 0.135. The molecule has 0 saturated carbocycles. The van der Waals surface area contributed by atoms with E-state index in [-0.39, 0.29) is 21.7 Å². The van der Waals surface area contributed by atoms with E-state index in [0.717, 1.165) is 59.8 Å². The second-order valence-corrected chi connectivity index (χ2v) is 23.2. The van der Waals surface area contributed by atoms with E-state index in [0.29, 0.717) is 10.0 Å². The summed E-state index contributed by atoms with van der Waals surface area (Å²) in [7, 11) is 0. The Kier molecular flexibility index (Phi) is 10.7. The Hall–Kier alpha value is -6.84. The molecule has 366 valence electrons. The van der Waals surface area contributed by atoms with Gasteiger partial charge in [0.1, 0.15) is 0 Å². The van der Waals surface area contributed by atoms with Crippen LogP contribution in [0.5, 0.6) is 0 Å². The highest BCUT2D eigenvalue weighted by Crippen LogP contribution is 2.59. The molecule has 0 amide bonds. The minimum atomic E-state index is -0.200. The third kappa shape index (κ3) is 6.37. The van der Waals surface area contributed by atoms with Crippen LogP contribution < -0.4 is 9.80 Å². The third-order valence-corrected chi connectivity index (χ3v) is 19.2. The van der Waals surface area contributed by atoms with Crippen LogP contribution in [0.3, 0.4) is 0 Å². The van der Waals surface area contributed by atoms with Gasteiger partial charge in [0.05, 0.1) is 21.4 Å². The van der Waals surface area contributed by atoms with E-state index < -0.39 is 0 Å². The predicted molar refractivity (Wildman–Crippen MR) is 315 cm³/mol. The van der Waals surface area contributed by atoms with Crippen LogP contribution in [0.1, 0.15) is 126 Å². The van der Waals surface area contributed by atoms with E-state index in [4.69, 9.17) is 23.2 Å². The van der Waals surface area contributed by atoms with Crippen LogP contribution in [-0.2, 0) is 21.7 Å². The highest BCUT2D eigenvalue weighted by molar-refractivity contribution is 6.38. The van der Waals surface area contributed by atoms with Crippen molar-refractivity contribution < 1.29 is 0 Å². The number of hydrogen-bond acceptors (Lipinski definition) is 2. The Labute approximate surface area is 448 Å². The number of hydrogen-bond donors (Lipinski definition) is 0. The second-order valence-electron chi connectivity index (χ2n) is 22.4. The molecule has 2 nitrogen and oxygen atoms in total. The monoisotopic (exact) mass is 1000 g/mol. The summed E-state index contributed by atoms with van der Waals surface area (Å²) in [6.07, 6.45) is 3.99. The zero-order chi connectivity index (χ0) is 51.1. The number of benzene rings is 9. The summed E-state index contributed by atoms with van der Waals surface area (Å²) in [6.45, 7) is 18.8. The van der Waals surface area contributed by atoms with Crippen molar-refractivity contribution in [2.24, 2.45) is 0 Å². The molecule has 0 spiro atoms. The Morgan fingerprint density at radius 3 is 0.878 bits per heavy atom. The van der Waals surface area contributed by atoms with Crippen molar-refractivity contribution >= 4 is 57.3 Å². The highest BCUT2D eigenvalue weighted by Gasteiger charge is 2.44. The first-order valence-electron chi connectivity index (χ1n) is 26.9. The Morgan fingerprint density at radius 1 is 0.297 bits per heavy atom. The maximum Gasteiger partial charge on any atom is 0.0668 e. The van der Waals surface area contributed by atoms with Gasteiger partial charge in [-0.1, -0.05) is 200 Å². The summed E-state index contributed by atoms with van der Waals surface area (Å²) in [4.78, 5) is 4.72. The standard InChI is InChI=1S/C70H62Cl2N2/c1-9-69(10-2)57-27-19-15-23-49(57)53-35-31-45(39-61(53)69)73(43-29-33-51-47-21-13-17-25-55(47)67(5,6)59(51)37-43)65-41-64(72)66(42-63(65)71)74(44-30-34-52-48-22-14-18-26-56(48)68(7,8)60(52)38-44)46-32-36-54-50-24-16-20-28-58(50)70(11-3,12-4)62(54)40-46/h13-42H,9-12H2,1-8H3. The average molecular weight is 1000 g/mol. The van der Waals surface area contributed by atoms with Gasteiger partial charge < -0.3 is 9.80 Å². The normalized spacial score (nSPS) is 15.8. The summed E-state index contributed by atoms with van der Waals surface area (Å²) < 4.78 is 0. The largest absolute Gasteiger partial charge is 0.309 e. The Balaban J connectivity index is 1.02. The first-order valence-corrected chi connectivity index (χ1v) is 27.6. The molecule has 0 heterocycles. The molecule has 0 aliphatic heterocycles. The van der Waals surface area contributed by atoms with Gasteiger partial charge in [-0.25, -0.2) is 0 Å². The van der Waals surface area contributed by atoms with Crippen LogP contribution in [0.25, 0.3) is 44.5 Å². The van der Waals surface area contributed by atoms with E-state index >= 15 is 0 Å². The molecule has 74 heavy (non-hydrogen) atoms. The van der Waals surface area contributed by atoms with Crippen molar-refractivity contribution in [3.05, 3.63) is 237 Å². The molecule has 0 bridgehead atoms. The molecule has 13 rings (SSSR count).